The fourth-order valence-electron chi connectivity index (χ4n) is 3.53. The third-order valence-electron chi connectivity index (χ3n) is 5.08. The molecule has 0 saturated carbocycles. The highest BCUT2D eigenvalue weighted by Gasteiger charge is 2.46. The number of rotatable bonds is 4. The van der Waals surface area contributed by atoms with Crippen LogP contribution in [0, 0.1) is 6.92 Å². The molecule has 1 amide bonds. The maximum Gasteiger partial charge on any atom is 0.338 e. The number of nitrogens with zero attached hydrogens (tertiary/aromatic N) is 2. The zero-order chi connectivity index (χ0) is 20.5. The molecule has 0 aliphatic carbocycles. The molecular weight excluding hydrogens is 384 g/mol. The van der Waals surface area contributed by atoms with E-state index < -0.39 is 12.0 Å². The van der Waals surface area contributed by atoms with Crippen molar-refractivity contribution in [3.63, 3.8) is 0 Å². The SMILES string of the molecule is CC1=C(C(=O)OCc2ccccc2)[C@H](c2ccc(C)cc2)N2C(=O)[C@H](C)SC2=N1. The minimum absolute atomic E-state index is 0.0415. The zero-order valence-electron chi connectivity index (χ0n) is 16.6. The lowest BCUT2D eigenvalue weighted by Crippen LogP contribution is -2.40. The lowest BCUT2D eigenvalue weighted by Gasteiger charge is -2.33. The monoisotopic (exact) mass is 406 g/mol. The molecule has 0 bridgehead atoms. The van der Waals surface area contributed by atoms with Crippen LogP contribution in [-0.4, -0.2) is 27.2 Å². The molecule has 6 heteroatoms. The molecule has 0 spiro atoms. The average Bonchev–Trinajstić information content (AvgIpc) is 3.00. The van der Waals surface area contributed by atoms with Gasteiger partial charge in [0.1, 0.15) is 6.61 Å². The third kappa shape index (κ3) is 3.72. The summed E-state index contributed by atoms with van der Waals surface area (Å²) in [6, 6.07) is 16.9. The third-order valence-corrected chi connectivity index (χ3v) is 6.14. The number of hydrogen-bond donors (Lipinski definition) is 0. The molecule has 1 fully saturated rings. The summed E-state index contributed by atoms with van der Waals surface area (Å²) in [5.41, 5.74) is 3.90. The molecule has 4 rings (SSSR count). The molecular formula is C23H22N2O3S. The second-order valence-corrected chi connectivity index (χ2v) is 8.54. The molecule has 29 heavy (non-hydrogen) atoms. The van der Waals surface area contributed by atoms with Crippen LogP contribution >= 0.6 is 11.8 Å². The smallest absolute Gasteiger partial charge is 0.338 e. The Balaban J connectivity index is 1.71. The van der Waals surface area contributed by atoms with E-state index in [4.69, 9.17) is 4.74 Å². The first-order valence-electron chi connectivity index (χ1n) is 9.52. The van der Waals surface area contributed by atoms with Crippen LogP contribution in [0.1, 0.15) is 36.6 Å². The topological polar surface area (TPSA) is 59.0 Å². The van der Waals surface area contributed by atoms with Crippen LogP contribution in [0.2, 0.25) is 0 Å². The van der Waals surface area contributed by atoms with Crippen molar-refractivity contribution < 1.29 is 14.3 Å². The molecule has 2 aromatic rings. The number of carbonyl (C=O) groups excluding carboxylic acids is 2. The molecule has 2 heterocycles. The quantitative estimate of drug-likeness (QED) is 0.707. The Kier molecular flexibility index (Phi) is 5.28. The summed E-state index contributed by atoms with van der Waals surface area (Å²) < 4.78 is 5.61. The normalized spacial score (nSPS) is 21.1. The molecule has 2 aliphatic rings. The molecule has 0 radical (unpaired) electrons. The van der Waals surface area contributed by atoms with Gasteiger partial charge in [0.2, 0.25) is 5.91 Å². The van der Waals surface area contributed by atoms with Crippen molar-refractivity contribution in [1.29, 1.82) is 0 Å². The summed E-state index contributed by atoms with van der Waals surface area (Å²) in [6.45, 7) is 5.85. The molecule has 2 aliphatic heterocycles. The summed E-state index contributed by atoms with van der Waals surface area (Å²) in [4.78, 5) is 32.2. The maximum atomic E-state index is 13.1. The summed E-state index contributed by atoms with van der Waals surface area (Å²) in [6.07, 6.45) is 0. The van der Waals surface area contributed by atoms with Crippen molar-refractivity contribution in [3.05, 3.63) is 82.6 Å². The number of benzene rings is 2. The average molecular weight is 407 g/mol. The Bertz CT molecular complexity index is 1010. The van der Waals surface area contributed by atoms with E-state index in [0.717, 1.165) is 16.7 Å². The number of carbonyl (C=O) groups is 2. The van der Waals surface area contributed by atoms with E-state index in [9.17, 15) is 9.59 Å². The second-order valence-electron chi connectivity index (χ2n) is 7.24. The van der Waals surface area contributed by atoms with Crippen LogP contribution in [0.3, 0.4) is 0 Å². The van der Waals surface area contributed by atoms with Gasteiger partial charge in [0.25, 0.3) is 0 Å². The molecule has 0 N–H and O–H groups in total. The van der Waals surface area contributed by atoms with Gasteiger partial charge in [0.05, 0.1) is 22.6 Å². The molecule has 2 aromatic carbocycles. The molecule has 148 valence electrons. The van der Waals surface area contributed by atoms with Crippen LogP contribution in [0.4, 0.5) is 0 Å². The van der Waals surface area contributed by atoms with Gasteiger partial charge in [-0.2, -0.15) is 0 Å². The number of esters is 1. The Morgan fingerprint density at radius 1 is 1.10 bits per heavy atom. The molecule has 0 unspecified atom stereocenters. The summed E-state index contributed by atoms with van der Waals surface area (Å²) in [7, 11) is 0. The zero-order valence-corrected chi connectivity index (χ0v) is 17.4. The number of aliphatic imine (C=N–C) groups is 1. The number of allylic oxidation sites excluding steroid dienone is 1. The number of amides is 1. The van der Waals surface area contributed by atoms with Crippen molar-refractivity contribution in [3.8, 4) is 0 Å². The summed E-state index contributed by atoms with van der Waals surface area (Å²) in [5.74, 6) is -0.489. The highest BCUT2D eigenvalue weighted by atomic mass is 32.2. The van der Waals surface area contributed by atoms with E-state index in [-0.39, 0.29) is 17.8 Å². The van der Waals surface area contributed by atoms with E-state index >= 15 is 0 Å². The molecule has 1 saturated heterocycles. The van der Waals surface area contributed by atoms with E-state index in [1.54, 1.807) is 11.8 Å². The van der Waals surface area contributed by atoms with Gasteiger partial charge >= 0.3 is 5.97 Å². The van der Waals surface area contributed by atoms with E-state index in [1.807, 2.05) is 68.4 Å². The van der Waals surface area contributed by atoms with Crippen LogP contribution in [0.15, 0.2) is 70.9 Å². The van der Waals surface area contributed by atoms with Crippen LogP contribution in [0.25, 0.3) is 0 Å². The molecule has 2 atom stereocenters. The van der Waals surface area contributed by atoms with Gasteiger partial charge in [-0.05, 0) is 31.9 Å². The van der Waals surface area contributed by atoms with Crippen molar-refractivity contribution in [2.45, 2.75) is 38.7 Å². The van der Waals surface area contributed by atoms with Crippen molar-refractivity contribution in [2.24, 2.45) is 4.99 Å². The largest absolute Gasteiger partial charge is 0.457 e. The van der Waals surface area contributed by atoms with Crippen molar-refractivity contribution in [1.82, 2.24) is 4.90 Å². The van der Waals surface area contributed by atoms with Crippen LogP contribution in [-0.2, 0) is 20.9 Å². The number of thioether (sulfide) groups is 1. The predicted molar refractivity (Wildman–Crippen MR) is 114 cm³/mol. The first-order valence-corrected chi connectivity index (χ1v) is 10.4. The number of amidine groups is 1. The summed E-state index contributed by atoms with van der Waals surface area (Å²) >= 11 is 1.43. The van der Waals surface area contributed by atoms with Gasteiger partial charge in [0.15, 0.2) is 5.17 Å². The fourth-order valence-corrected chi connectivity index (χ4v) is 4.56. The summed E-state index contributed by atoms with van der Waals surface area (Å²) in [5, 5.41) is 0.416. The highest BCUT2D eigenvalue weighted by Crippen LogP contribution is 2.43. The van der Waals surface area contributed by atoms with Gasteiger partial charge in [-0.1, -0.05) is 71.9 Å². The minimum Gasteiger partial charge on any atom is -0.457 e. The Morgan fingerprint density at radius 3 is 2.48 bits per heavy atom. The van der Waals surface area contributed by atoms with Crippen LogP contribution < -0.4 is 0 Å². The van der Waals surface area contributed by atoms with Crippen molar-refractivity contribution in [2.75, 3.05) is 0 Å². The minimum atomic E-state index is -0.531. The second kappa shape index (κ2) is 7.87. The van der Waals surface area contributed by atoms with Gasteiger partial charge in [-0.15, -0.1) is 0 Å². The first-order chi connectivity index (χ1) is 14.0. The van der Waals surface area contributed by atoms with Gasteiger partial charge in [0, 0.05) is 0 Å². The Labute approximate surface area is 174 Å². The lowest BCUT2D eigenvalue weighted by atomic mass is 9.93. The number of fused-ring (bicyclic) bond motifs is 1. The van der Waals surface area contributed by atoms with E-state index in [0.29, 0.717) is 16.4 Å². The van der Waals surface area contributed by atoms with Crippen molar-refractivity contribution >= 4 is 28.8 Å². The molecule has 0 aromatic heterocycles. The maximum absolute atomic E-state index is 13.1. The van der Waals surface area contributed by atoms with Gasteiger partial charge < -0.3 is 4.74 Å². The van der Waals surface area contributed by atoms with E-state index in [2.05, 4.69) is 4.99 Å². The number of hydrogen-bond acceptors (Lipinski definition) is 5. The highest BCUT2D eigenvalue weighted by molar-refractivity contribution is 8.15. The number of ether oxygens (including phenoxy) is 1. The van der Waals surface area contributed by atoms with Gasteiger partial charge in [-0.3, -0.25) is 9.69 Å². The number of aryl methyl sites for hydroxylation is 1. The molecule has 5 nitrogen and oxygen atoms in total. The predicted octanol–water partition coefficient (Wildman–Crippen LogP) is 4.39. The van der Waals surface area contributed by atoms with E-state index in [1.165, 1.54) is 11.8 Å². The lowest BCUT2D eigenvalue weighted by molar-refractivity contribution is -0.141. The fraction of sp³-hybridized carbons (Fsp3) is 0.261. The Hall–Kier alpha value is -2.86. The van der Waals surface area contributed by atoms with Crippen LogP contribution in [0.5, 0.6) is 0 Å². The Morgan fingerprint density at radius 2 is 1.79 bits per heavy atom. The standard InChI is InChI=1S/C23H22N2O3S/c1-14-9-11-18(12-10-14)20-19(22(27)28-13-17-7-5-4-6-8-17)15(2)24-23-25(20)21(26)16(3)29-23/h4-12,16,20H,13H2,1-3H3/t16-,20-/m0/s1. The first kappa shape index (κ1) is 19.5. The van der Waals surface area contributed by atoms with Gasteiger partial charge in [-0.25, -0.2) is 9.79 Å².